The Morgan fingerprint density at radius 1 is 1.30 bits per heavy atom. The van der Waals surface area contributed by atoms with Crippen molar-refractivity contribution in [3.05, 3.63) is 61.3 Å². The average molecular weight is 486 g/mol. The zero-order chi connectivity index (χ0) is 24.0. The number of carbonyl (C=O) groups excluding carboxylic acids is 1. The fourth-order valence-electron chi connectivity index (χ4n) is 2.87. The standard InChI is InChI=1S/C22H23N5O4S2/c1-4-7-17(23-5-2)19(28)13-24-21(29)27-22-26-18-11-10-16(25-20(18)32-22)14-8-6-9-15(12-14)33(3,30)31/h4-12,19,28H,2,13H2,1,3H3,(H2,24,26,27,29)/b7-4-,23-17?. The van der Waals surface area contributed by atoms with E-state index < -0.39 is 22.0 Å². The highest BCUT2D eigenvalue weighted by Crippen LogP contribution is 2.28. The summed E-state index contributed by atoms with van der Waals surface area (Å²) in [6.45, 7) is 5.25. The van der Waals surface area contributed by atoms with Gasteiger partial charge in [0.15, 0.2) is 15.0 Å². The maximum Gasteiger partial charge on any atom is 0.321 e. The molecular weight excluding hydrogens is 462 g/mol. The Hall–Kier alpha value is -3.41. The summed E-state index contributed by atoms with van der Waals surface area (Å²) < 4.78 is 23.7. The van der Waals surface area contributed by atoms with Crippen LogP contribution in [0.25, 0.3) is 21.6 Å². The summed E-state index contributed by atoms with van der Waals surface area (Å²) in [6.07, 6.45) is 4.84. The van der Waals surface area contributed by atoms with Crippen LogP contribution < -0.4 is 10.6 Å². The highest BCUT2D eigenvalue weighted by Gasteiger charge is 2.14. The van der Waals surface area contributed by atoms with Gasteiger partial charge in [-0.2, -0.15) is 0 Å². The second-order valence-electron chi connectivity index (χ2n) is 6.93. The van der Waals surface area contributed by atoms with Crippen molar-refractivity contribution in [2.45, 2.75) is 17.9 Å². The number of aromatic nitrogens is 2. The van der Waals surface area contributed by atoms with E-state index in [1.165, 1.54) is 23.6 Å². The van der Waals surface area contributed by atoms with Gasteiger partial charge in [0.1, 0.15) is 16.5 Å². The molecule has 2 aromatic heterocycles. The number of sulfone groups is 1. The number of urea groups is 1. The molecule has 0 saturated carbocycles. The molecule has 0 spiro atoms. The molecule has 9 nitrogen and oxygen atoms in total. The van der Waals surface area contributed by atoms with Crippen LogP contribution in [0.4, 0.5) is 9.93 Å². The number of thiazole rings is 1. The van der Waals surface area contributed by atoms with E-state index in [-0.39, 0.29) is 11.4 Å². The van der Waals surface area contributed by atoms with Crippen molar-refractivity contribution >= 4 is 48.4 Å². The molecular formula is C22H23N5O4S2. The lowest BCUT2D eigenvalue weighted by atomic mass is 10.1. The first-order chi connectivity index (χ1) is 15.7. The van der Waals surface area contributed by atoms with Gasteiger partial charge >= 0.3 is 6.03 Å². The minimum Gasteiger partial charge on any atom is -0.385 e. The van der Waals surface area contributed by atoms with Crippen molar-refractivity contribution in [1.82, 2.24) is 15.3 Å². The predicted molar refractivity (Wildman–Crippen MR) is 131 cm³/mol. The van der Waals surface area contributed by atoms with Crippen LogP contribution in [0.5, 0.6) is 0 Å². The molecule has 0 aliphatic carbocycles. The molecule has 1 unspecified atom stereocenters. The van der Waals surface area contributed by atoms with E-state index in [1.54, 1.807) is 49.4 Å². The molecule has 3 aromatic rings. The Balaban J connectivity index is 1.71. The van der Waals surface area contributed by atoms with E-state index in [2.05, 4.69) is 32.2 Å². The number of hydrogen-bond donors (Lipinski definition) is 3. The Bertz CT molecular complexity index is 1350. The van der Waals surface area contributed by atoms with Gasteiger partial charge in [-0.1, -0.05) is 36.1 Å². The van der Waals surface area contributed by atoms with Gasteiger partial charge in [-0.25, -0.2) is 23.2 Å². The van der Waals surface area contributed by atoms with Crippen molar-refractivity contribution in [3.63, 3.8) is 0 Å². The molecule has 3 N–H and O–H groups in total. The van der Waals surface area contributed by atoms with Gasteiger partial charge in [0.2, 0.25) is 0 Å². The van der Waals surface area contributed by atoms with Crippen LogP contribution in [0.2, 0.25) is 0 Å². The van der Waals surface area contributed by atoms with E-state index in [9.17, 15) is 18.3 Å². The molecule has 0 saturated heterocycles. The van der Waals surface area contributed by atoms with E-state index in [0.717, 1.165) is 6.26 Å². The van der Waals surface area contributed by atoms with Crippen molar-refractivity contribution in [2.24, 2.45) is 4.99 Å². The van der Waals surface area contributed by atoms with E-state index in [0.29, 0.717) is 32.4 Å². The number of aliphatic hydroxyl groups excluding tert-OH is 1. The van der Waals surface area contributed by atoms with Crippen LogP contribution in [0.1, 0.15) is 6.92 Å². The monoisotopic (exact) mass is 485 g/mol. The Kier molecular flexibility index (Phi) is 7.69. The van der Waals surface area contributed by atoms with Crippen LogP contribution in [0, 0.1) is 0 Å². The molecule has 11 heteroatoms. The number of aliphatic imine (C=N–C) groups is 1. The number of carbonyl (C=O) groups is 1. The smallest absolute Gasteiger partial charge is 0.321 e. The molecule has 172 valence electrons. The molecule has 3 rings (SSSR count). The number of nitrogens with zero attached hydrogens (tertiary/aromatic N) is 3. The number of amides is 2. The van der Waals surface area contributed by atoms with Crippen LogP contribution in [-0.2, 0) is 9.84 Å². The lowest BCUT2D eigenvalue weighted by Crippen LogP contribution is -2.38. The van der Waals surface area contributed by atoms with Crippen molar-refractivity contribution < 1.29 is 18.3 Å². The SMILES string of the molecule is C=CN=C(/C=C\C)C(O)CNC(=O)Nc1nc2ccc(-c3cccc(S(C)(=O)=O)c3)nc2s1. The van der Waals surface area contributed by atoms with Gasteiger partial charge in [0, 0.05) is 18.0 Å². The number of hydrogen-bond acceptors (Lipinski definition) is 8. The zero-order valence-electron chi connectivity index (χ0n) is 18.0. The van der Waals surface area contributed by atoms with Gasteiger partial charge < -0.3 is 10.4 Å². The quantitative estimate of drug-likeness (QED) is 0.419. The van der Waals surface area contributed by atoms with E-state index in [4.69, 9.17) is 0 Å². The molecule has 2 amide bonds. The normalized spacial score (nSPS) is 13.2. The number of aliphatic hydroxyl groups is 1. The number of allylic oxidation sites excluding steroid dienone is 1. The number of fused-ring (bicyclic) bond motifs is 1. The second-order valence-corrected chi connectivity index (χ2v) is 9.92. The second kappa shape index (κ2) is 10.5. The Labute approximate surface area is 195 Å². The topological polar surface area (TPSA) is 134 Å². The van der Waals surface area contributed by atoms with Crippen LogP contribution in [0.15, 0.2) is 71.2 Å². The number of anilines is 1. The van der Waals surface area contributed by atoms with E-state index in [1.807, 2.05) is 0 Å². The highest BCUT2D eigenvalue weighted by atomic mass is 32.2. The molecule has 2 heterocycles. The third kappa shape index (κ3) is 6.31. The summed E-state index contributed by atoms with van der Waals surface area (Å²) in [7, 11) is -3.33. The first-order valence-corrected chi connectivity index (χ1v) is 12.5. The maximum atomic E-state index is 12.2. The predicted octanol–water partition coefficient (Wildman–Crippen LogP) is 3.40. The summed E-state index contributed by atoms with van der Waals surface area (Å²) in [5.41, 5.74) is 2.22. The molecule has 0 aliphatic heterocycles. The van der Waals surface area contributed by atoms with Crippen molar-refractivity contribution in [1.29, 1.82) is 0 Å². The fraction of sp³-hybridized carbons (Fsp3) is 0.182. The minimum atomic E-state index is -3.33. The molecule has 0 bridgehead atoms. The number of nitrogens with one attached hydrogen (secondary N) is 2. The van der Waals surface area contributed by atoms with Gasteiger partial charge in [-0.05, 0) is 37.3 Å². The Morgan fingerprint density at radius 3 is 2.79 bits per heavy atom. The van der Waals surface area contributed by atoms with Gasteiger partial charge in [0.05, 0.1) is 22.8 Å². The number of rotatable bonds is 8. The Morgan fingerprint density at radius 2 is 2.09 bits per heavy atom. The van der Waals surface area contributed by atoms with Gasteiger partial charge in [0.25, 0.3) is 0 Å². The molecule has 1 atom stereocenters. The molecule has 0 aliphatic rings. The third-order valence-corrected chi connectivity index (χ3v) is 6.40. The lowest BCUT2D eigenvalue weighted by Gasteiger charge is -2.11. The third-order valence-electron chi connectivity index (χ3n) is 4.41. The van der Waals surface area contributed by atoms with Crippen molar-refractivity contribution in [2.75, 3.05) is 18.1 Å². The first-order valence-electron chi connectivity index (χ1n) is 9.83. The van der Waals surface area contributed by atoms with Crippen LogP contribution >= 0.6 is 11.3 Å². The summed E-state index contributed by atoms with van der Waals surface area (Å²) in [4.78, 5) is 25.9. The largest absolute Gasteiger partial charge is 0.385 e. The van der Waals surface area contributed by atoms with E-state index >= 15 is 0 Å². The molecule has 1 aromatic carbocycles. The highest BCUT2D eigenvalue weighted by molar-refractivity contribution is 7.90. The first kappa shape index (κ1) is 24.2. The maximum absolute atomic E-state index is 12.2. The molecule has 0 radical (unpaired) electrons. The van der Waals surface area contributed by atoms with Gasteiger partial charge in [-0.3, -0.25) is 10.3 Å². The lowest BCUT2D eigenvalue weighted by molar-refractivity contribution is 0.226. The summed E-state index contributed by atoms with van der Waals surface area (Å²) in [5.74, 6) is 0. The average Bonchev–Trinajstić information content (AvgIpc) is 3.18. The molecule has 33 heavy (non-hydrogen) atoms. The zero-order valence-corrected chi connectivity index (χ0v) is 19.7. The fourth-order valence-corrected chi connectivity index (χ4v) is 4.37. The van der Waals surface area contributed by atoms with Crippen molar-refractivity contribution in [3.8, 4) is 11.3 Å². The summed E-state index contributed by atoms with van der Waals surface area (Å²) >= 11 is 1.18. The molecule has 0 fully saturated rings. The minimum absolute atomic E-state index is 0.0488. The number of pyridine rings is 1. The summed E-state index contributed by atoms with van der Waals surface area (Å²) in [6, 6.07) is 9.51. The van der Waals surface area contributed by atoms with Crippen LogP contribution in [-0.4, -0.2) is 54.1 Å². The summed E-state index contributed by atoms with van der Waals surface area (Å²) in [5, 5.41) is 15.7. The van der Waals surface area contributed by atoms with Gasteiger partial charge in [-0.15, -0.1) is 0 Å². The van der Waals surface area contributed by atoms with Crippen LogP contribution in [0.3, 0.4) is 0 Å². The number of benzene rings is 1.